The first-order valence-corrected chi connectivity index (χ1v) is 5.15. The maximum Gasteiger partial charge on any atom is 0.295 e. The van der Waals surface area contributed by atoms with Gasteiger partial charge >= 0.3 is 0 Å². The summed E-state index contributed by atoms with van der Waals surface area (Å²) < 4.78 is 10.2. The largest absolute Gasteiger partial charge is 0.489 e. The number of anilines is 1. The van der Waals surface area contributed by atoms with Crippen LogP contribution in [-0.4, -0.2) is 36.3 Å². The van der Waals surface area contributed by atoms with E-state index in [0.717, 1.165) is 12.8 Å². The lowest BCUT2D eigenvalue weighted by Gasteiger charge is -2.34. The Morgan fingerprint density at radius 3 is 2.88 bits per heavy atom. The average Bonchev–Trinajstić information content (AvgIpc) is 2.23. The van der Waals surface area contributed by atoms with E-state index >= 15 is 0 Å². The van der Waals surface area contributed by atoms with E-state index in [2.05, 4.69) is 15.3 Å². The molecule has 88 valence electrons. The summed E-state index contributed by atoms with van der Waals surface area (Å²) in [7, 11) is 3.16. The van der Waals surface area contributed by atoms with Crippen LogP contribution in [0.3, 0.4) is 0 Å². The SMILES string of the molecule is COc1c(NC2CC(OC)C2)nc[nH]c1=O. The summed E-state index contributed by atoms with van der Waals surface area (Å²) in [5, 5.41) is 3.17. The van der Waals surface area contributed by atoms with Gasteiger partial charge in [0.05, 0.1) is 19.5 Å². The van der Waals surface area contributed by atoms with Crippen LogP contribution in [-0.2, 0) is 4.74 Å². The molecule has 1 aliphatic rings. The third-order valence-corrected chi connectivity index (χ3v) is 2.78. The second kappa shape index (κ2) is 4.52. The molecule has 0 spiro atoms. The number of nitrogens with zero attached hydrogens (tertiary/aromatic N) is 1. The molecule has 6 nitrogen and oxygen atoms in total. The number of aromatic amines is 1. The van der Waals surface area contributed by atoms with E-state index in [1.165, 1.54) is 13.4 Å². The minimum absolute atomic E-state index is 0.225. The molecule has 0 amide bonds. The molecule has 1 aliphatic carbocycles. The zero-order valence-electron chi connectivity index (χ0n) is 9.32. The molecule has 1 fully saturated rings. The Morgan fingerprint density at radius 2 is 2.25 bits per heavy atom. The molecule has 16 heavy (non-hydrogen) atoms. The van der Waals surface area contributed by atoms with Crippen molar-refractivity contribution < 1.29 is 9.47 Å². The second-order valence-electron chi connectivity index (χ2n) is 3.78. The van der Waals surface area contributed by atoms with E-state index in [4.69, 9.17) is 9.47 Å². The molecule has 0 unspecified atom stereocenters. The zero-order chi connectivity index (χ0) is 11.5. The van der Waals surface area contributed by atoms with Crippen LogP contribution in [0.5, 0.6) is 5.75 Å². The van der Waals surface area contributed by atoms with E-state index in [1.807, 2.05) is 0 Å². The normalized spacial score (nSPS) is 23.6. The lowest BCUT2D eigenvalue weighted by Crippen LogP contribution is -2.40. The fourth-order valence-corrected chi connectivity index (χ4v) is 1.75. The fourth-order valence-electron chi connectivity index (χ4n) is 1.75. The van der Waals surface area contributed by atoms with Crippen molar-refractivity contribution in [1.82, 2.24) is 9.97 Å². The van der Waals surface area contributed by atoms with Crippen molar-refractivity contribution in [1.29, 1.82) is 0 Å². The highest BCUT2D eigenvalue weighted by Gasteiger charge is 2.30. The van der Waals surface area contributed by atoms with Gasteiger partial charge in [-0.3, -0.25) is 4.79 Å². The maximum atomic E-state index is 11.4. The maximum absolute atomic E-state index is 11.4. The quantitative estimate of drug-likeness (QED) is 0.774. The molecule has 0 atom stereocenters. The van der Waals surface area contributed by atoms with Crippen LogP contribution >= 0.6 is 0 Å². The number of H-pyrrole nitrogens is 1. The first-order chi connectivity index (χ1) is 7.74. The third kappa shape index (κ3) is 2.01. The van der Waals surface area contributed by atoms with E-state index in [-0.39, 0.29) is 11.3 Å². The van der Waals surface area contributed by atoms with Crippen LogP contribution in [0.4, 0.5) is 5.82 Å². The molecular formula is C10H15N3O3. The van der Waals surface area contributed by atoms with Gasteiger partial charge in [-0.15, -0.1) is 0 Å². The number of aromatic nitrogens is 2. The van der Waals surface area contributed by atoms with Crippen LogP contribution in [0.1, 0.15) is 12.8 Å². The molecule has 0 aliphatic heterocycles. The predicted octanol–water partition coefficient (Wildman–Crippen LogP) is 0.368. The fraction of sp³-hybridized carbons (Fsp3) is 0.600. The van der Waals surface area contributed by atoms with Gasteiger partial charge in [-0.1, -0.05) is 0 Å². The number of ether oxygens (including phenoxy) is 2. The Hall–Kier alpha value is -1.56. The lowest BCUT2D eigenvalue weighted by atomic mass is 9.89. The van der Waals surface area contributed by atoms with Crippen LogP contribution in [0.25, 0.3) is 0 Å². The van der Waals surface area contributed by atoms with Crippen LogP contribution in [0.15, 0.2) is 11.1 Å². The van der Waals surface area contributed by atoms with Crippen molar-refractivity contribution in [3.63, 3.8) is 0 Å². The molecule has 6 heteroatoms. The van der Waals surface area contributed by atoms with Crippen molar-refractivity contribution in [2.75, 3.05) is 19.5 Å². The van der Waals surface area contributed by atoms with Crippen LogP contribution < -0.4 is 15.6 Å². The molecule has 1 aromatic heterocycles. The highest BCUT2D eigenvalue weighted by atomic mass is 16.5. The summed E-state index contributed by atoms with van der Waals surface area (Å²) in [6.45, 7) is 0. The van der Waals surface area contributed by atoms with Crippen molar-refractivity contribution >= 4 is 5.82 Å². The Labute approximate surface area is 93.0 Å². The van der Waals surface area contributed by atoms with Crippen molar-refractivity contribution in [2.45, 2.75) is 25.0 Å². The molecule has 1 aromatic rings. The van der Waals surface area contributed by atoms with Gasteiger partial charge in [0, 0.05) is 13.2 Å². The third-order valence-electron chi connectivity index (χ3n) is 2.78. The van der Waals surface area contributed by atoms with Gasteiger partial charge in [-0.2, -0.15) is 0 Å². The molecule has 0 radical (unpaired) electrons. The molecular weight excluding hydrogens is 210 g/mol. The number of hydrogen-bond donors (Lipinski definition) is 2. The number of rotatable bonds is 4. The molecule has 0 aromatic carbocycles. The highest BCUT2D eigenvalue weighted by Crippen LogP contribution is 2.27. The summed E-state index contributed by atoms with van der Waals surface area (Å²) in [4.78, 5) is 17.9. The van der Waals surface area contributed by atoms with Gasteiger partial charge in [0.1, 0.15) is 0 Å². The predicted molar refractivity (Wildman–Crippen MR) is 58.9 cm³/mol. The lowest BCUT2D eigenvalue weighted by molar-refractivity contribution is 0.0327. The Bertz CT molecular complexity index is 412. The molecule has 2 rings (SSSR count). The molecule has 1 saturated carbocycles. The second-order valence-corrected chi connectivity index (χ2v) is 3.78. The van der Waals surface area contributed by atoms with Crippen molar-refractivity contribution in [3.8, 4) is 5.75 Å². The van der Waals surface area contributed by atoms with Gasteiger partial charge in [-0.05, 0) is 12.8 Å². The van der Waals surface area contributed by atoms with Gasteiger partial charge in [0.25, 0.3) is 5.56 Å². The summed E-state index contributed by atoms with van der Waals surface area (Å²) in [5.41, 5.74) is -0.275. The van der Waals surface area contributed by atoms with Crippen molar-refractivity contribution in [3.05, 3.63) is 16.7 Å². The van der Waals surface area contributed by atoms with E-state index in [0.29, 0.717) is 18.0 Å². The minimum Gasteiger partial charge on any atom is -0.489 e. The average molecular weight is 225 g/mol. The minimum atomic E-state index is -0.275. The first kappa shape index (κ1) is 10.9. The Kier molecular flexibility index (Phi) is 3.09. The molecule has 2 N–H and O–H groups in total. The van der Waals surface area contributed by atoms with Crippen LogP contribution in [0, 0.1) is 0 Å². The number of hydrogen-bond acceptors (Lipinski definition) is 5. The van der Waals surface area contributed by atoms with Gasteiger partial charge in [-0.25, -0.2) is 4.98 Å². The van der Waals surface area contributed by atoms with E-state index in [1.54, 1.807) is 7.11 Å². The van der Waals surface area contributed by atoms with Gasteiger partial charge in [0.2, 0.25) is 5.75 Å². The topological polar surface area (TPSA) is 76.2 Å². The Balaban J connectivity index is 2.05. The summed E-state index contributed by atoms with van der Waals surface area (Å²) in [6, 6.07) is 0.299. The standard InChI is InChI=1S/C10H15N3O3/c1-15-7-3-6(4-7)13-9-8(16-2)10(14)12-5-11-9/h5-7H,3-4H2,1-2H3,(H2,11,12,13,14). The number of methoxy groups -OCH3 is 2. The first-order valence-electron chi connectivity index (χ1n) is 5.15. The highest BCUT2D eigenvalue weighted by molar-refractivity contribution is 5.49. The molecule has 0 saturated heterocycles. The molecule has 1 heterocycles. The summed E-state index contributed by atoms with van der Waals surface area (Å²) >= 11 is 0. The van der Waals surface area contributed by atoms with E-state index < -0.39 is 0 Å². The van der Waals surface area contributed by atoms with Gasteiger partial charge < -0.3 is 19.8 Å². The summed E-state index contributed by atoms with van der Waals surface area (Å²) in [5.74, 6) is 0.717. The Morgan fingerprint density at radius 1 is 1.50 bits per heavy atom. The zero-order valence-corrected chi connectivity index (χ0v) is 9.32. The monoisotopic (exact) mass is 225 g/mol. The number of nitrogens with one attached hydrogen (secondary N) is 2. The smallest absolute Gasteiger partial charge is 0.295 e. The van der Waals surface area contributed by atoms with E-state index in [9.17, 15) is 4.79 Å². The van der Waals surface area contributed by atoms with Gasteiger partial charge in [0.15, 0.2) is 5.82 Å². The molecule has 0 bridgehead atoms. The summed E-state index contributed by atoms with van der Waals surface area (Å²) in [6.07, 6.45) is 3.52. The van der Waals surface area contributed by atoms with Crippen LogP contribution in [0.2, 0.25) is 0 Å². The van der Waals surface area contributed by atoms with Crippen molar-refractivity contribution in [2.24, 2.45) is 0 Å².